The number of esters is 1. The number of rotatable bonds is 6. The fourth-order valence-corrected chi connectivity index (χ4v) is 1.79. The number of hydrogen-bond acceptors (Lipinski definition) is 3. The predicted molar refractivity (Wildman–Crippen MR) is 58.5 cm³/mol. The Morgan fingerprint density at radius 3 is 2.50 bits per heavy atom. The van der Waals surface area contributed by atoms with Crippen molar-refractivity contribution in [3.8, 4) is 0 Å². The second-order valence-electron chi connectivity index (χ2n) is 3.29. The van der Waals surface area contributed by atoms with E-state index >= 15 is 0 Å². The van der Waals surface area contributed by atoms with E-state index in [4.69, 9.17) is 4.74 Å². The summed E-state index contributed by atoms with van der Waals surface area (Å²) in [5.74, 6) is -0.406. The lowest BCUT2D eigenvalue weighted by atomic mass is 10.2. The van der Waals surface area contributed by atoms with E-state index in [-0.39, 0.29) is 11.9 Å². The van der Waals surface area contributed by atoms with Crippen LogP contribution in [-0.2, 0) is 20.3 Å². The molecule has 0 amide bonds. The third-order valence-electron chi connectivity index (χ3n) is 1.83. The molecule has 4 heteroatoms. The van der Waals surface area contributed by atoms with Gasteiger partial charge in [0.25, 0.3) is 0 Å². The molecular formula is C10H18O3S. The molecule has 82 valence electrons. The van der Waals surface area contributed by atoms with E-state index in [1.165, 1.54) is 0 Å². The first-order valence-electron chi connectivity index (χ1n) is 4.63. The summed E-state index contributed by atoms with van der Waals surface area (Å²) in [6.07, 6.45) is 3.39. The van der Waals surface area contributed by atoms with E-state index in [0.717, 1.165) is 12.8 Å². The number of carbonyl (C=O) groups is 1. The van der Waals surface area contributed by atoms with Crippen molar-refractivity contribution in [2.24, 2.45) is 0 Å². The van der Waals surface area contributed by atoms with Gasteiger partial charge in [0.2, 0.25) is 0 Å². The molecule has 3 nitrogen and oxygen atoms in total. The molecule has 2 atom stereocenters. The van der Waals surface area contributed by atoms with Crippen LogP contribution in [0.2, 0.25) is 0 Å². The number of carbonyl (C=O) groups excluding carboxylic acids is 1. The van der Waals surface area contributed by atoms with Gasteiger partial charge in [-0.25, -0.2) is 4.79 Å². The Labute approximate surface area is 88.0 Å². The first-order chi connectivity index (χ1) is 6.49. The van der Waals surface area contributed by atoms with Crippen molar-refractivity contribution in [2.75, 3.05) is 12.9 Å². The minimum Gasteiger partial charge on any atom is -0.461 e. The lowest BCUT2D eigenvalue weighted by Crippen LogP contribution is -2.23. The van der Waals surface area contributed by atoms with Gasteiger partial charge >= 0.3 is 5.97 Å². The monoisotopic (exact) mass is 218 g/mol. The molecule has 0 aliphatic heterocycles. The van der Waals surface area contributed by atoms with E-state index in [9.17, 15) is 9.00 Å². The van der Waals surface area contributed by atoms with Gasteiger partial charge in [-0.1, -0.05) is 19.9 Å². The van der Waals surface area contributed by atoms with Crippen molar-refractivity contribution < 1.29 is 13.7 Å². The van der Waals surface area contributed by atoms with Gasteiger partial charge in [0.05, 0.1) is 5.25 Å². The summed E-state index contributed by atoms with van der Waals surface area (Å²) in [6, 6.07) is 0. The molecule has 0 aromatic heterocycles. The Kier molecular flexibility index (Phi) is 6.45. The molecular weight excluding hydrogens is 200 g/mol. The Bertz CT molecular complexity index is 236. The van der Waals surface area contributed by atoms with Crippen molar-refractivity contribution in [2.45, 2.75) is 31.9 Å². The van der Waals surface area contributed by atoms with E-state index in [2.05, 4.69) is 6.58 Å². The maximum absolute atomic E-state index is 11.2. The quantitative estimate of drug-likeness (QED) is 0.503. The first kappa shape index (κ1) is 13.4. The van der Waals surface area contributed by atoms with Gasteiger partial charge in [-0.15, -0.1) is 0 Å². The molecule has 0 aromatic carbocycles. The second kappa shape index (κ2) is 6.76. The van der Waals surface area contributed by atoms with Crippen LogP contribution in [0.5, 0.6) is 0 Å². The van der Waals surface area contributed by atoms with Crippen LogP contribution >= 0.6 is 0 Å². The summed E-state index contributed by atoms with van der Waals surface area (Å²) < 4.78 is 16.2. The van der Waals surface area contributed by atoms with Crippen molar-refractivity contribution in [1.29, 1.82) is 0 Å². The van der Waals surface area contributed by atoms with Crippen LogP contribution in [0.4, 0.5) is 0 Å². The van der Waals surface area contributed by atoms with Gasteiger partial charge in [0, 0.05) is 22.6 Å². The van der Waals surface area contributed by atoms with Gasteiger partial charge in [0.1, 0.15) is 6.61 Å². The summed E-state index contributed by atoms with van der Waals surface area (Å²) in [5, 5.41) is -0.0525. The van der Waals surface area contributed by atoms with Crippen LogP contribution in [0.3, 0.4) is 0 Å². The van der Waals surface area contributed by atoms with E-state index < -0.39 is 16.8 Å². The highest BCUT2D eigenvalue weighted by Crippen LogP contribution is 2.05. The van der Waals surface area contributed by atoms with Crippen molar-refractivity contribution in [3.63, 3.8) is 0 Å². The van der Waals surface area contributed by atoms with Crippen LogP contribution in [0.1, 0.15) is 26.7 Å². The Morgan fingerprint density at radius 2 is 2.14 bits per heavy atom. The molecule has 0 radical (unpaired) electrons. The maximum atomic E-state index is 11.2. The largest absolute Gasteiger partial charge is 0.461 e. The molecule has 2 unspecified atom stereocenters. The standard InChI is InChI=1S/C10H18O3S/c1-5-6-9(14(4)12)7-13-10(11)8(2)3/h9H,2,5-7H2,1,3-4H3. The summed E-state index contributed by atoms with van der Waals surface area (Å²) in [7, 11) is -0.940. The third-order valence-corrected chi connectivity index (χ3v) is 3.14. The van der Waals surface area contributed by atoms with Gasteiger partial charge in [-0.05, 0) is 13.3 Å². The first-order valence-corrected chi connectivity index (χ1v) is 6.26. The van der Waals surface area contributed by atoms with Crippen molar-refractivity contribution in [3.05, 3.63) is 12.2 Å². The molecule has 14 heavy (non-hydrogen) atoms. The minimum atomic E-state index is -0.940. The molecule has 0 bridgehead atoms. The summed E-state index contributed by atoms with van der Waals surface area (Å²) in [5.41, 5.74) is 0.377. The molecule has 0 rings (SSSR count). The molecule has 0 spiro atoms. The van der Waals surface area contributed by atoms with E-state index in [1.807, 2.05) is 6.92 Å². The fraction of sp³-hybridized carbons (Fsp3) is 0.700. The zero-order valence-electron chi connectivity index (χ0n) is 9.04. The van der Waals surface area contributed by atoms with E-state index in [0.29, 0.717) is 5.57 Å². The number of hydrogen-bond donors (Lipinski definition) is 0. The Morgan fingerprint density at radius 1 is 1.57 bits per heavy atom. The smallest absolute Gasteiger partial charge is 0.333 e. The molecule has 0 aromatic rings. The highest BCUT2D eigenvalue weighted by atomic mass is 32.2. The van der Waals surface area contributed by atoms with Crippen molar-refractivity contribution in [1.82, 2.24) is 0 Å². The highest BCUT2D eigenvalue weighted by Gasteiger charge is 2.14. The summed E-state index contributed by atoms with van der Waals surface area (Å²) in [4.78, 5) is 11.1. The van der Waals surface area contributed by atoms with Crippen LogP contribution in [-0.4, -0.2) is 28.3 Å². The van der Waals surface area contributed by atoms with Crippen molar-refractivity contribution >= 4 is 16.8 Å². The zero-order valence-corrected chi connectivity index (χ0v) is 9.86. The normalized spacial score (nSPS) is 14.5. The molecule has 0 N–H and O–H groups in total. The summed E-state index contributed by atoms with van der Waals surface area (Å²) in [6.45, 7) is 7.31. The lowest BCUT2D eigenvalue weighted by Gasteiger charge is -2.13. The average molecular weight is 218 g/mol. The second-order valence-corrected chi connectivity index (χ2v) is 4.95. The summed E-state index contributed by atoms with van der Waals surface area (Å²) >= 11 is 0. The van der Waals surface area contributed by atoms with Crippen LogP contribution in [0, 0.1) is 0 Å². The van der Waals surface area contributed by atoms with Gasteiger partial charge in [-0.3, -0.25) is 4.21 Å². The minimum absolute atomic E-state index is 0.0525. The molecule has 0 heterocycles. The molecule has 0 saturated carbocycles. The topological polar surface area (TPSA) is 43.4 Å². The molecule has 0 aliphatic rings. The molecule has 0 aliphatic carbocycles. The van der Waals surface area contributed by atoms with Crippen LogP contribution in [0.15, 0.2) is 12.2 Å². The predicted octanol–water partition coefficient (Wildman–Crippen LogP) is 1.65. The zero-order chi connectivity index (χ0) is 11.1. The lowest BCUT2D eigenvalue weighted by molar-refractivity contribution is -0.138. The van der Waals surface area contributed by atoms with Gasteiger partial charge in [0.15, 0.2) is 0 Å². The Hall–Kier alpha value is -0.640. The molecule has 0 fully saturated rings. The SMILES string of the molecule is C=C(C)C(=O)OCC(CCC)S(C)=O. The Balaban J connectivity index is 4.00. The van der Waals surface area contributed by atoms with Crippen LogP contribution in [0.25, 0.3) is 0 Å². The van der Waals surface area contributed by atoms with E-state index in [1.54, 1.807) is 13.2 Å². The fourth-order valence-electron chi connectivity index (χ4n) is 0.959. The average Bonchev–Trinajstić information content (AvgIpc) is 2.10. The number of ether oxygens (including phenoxy) is 1. The molecule has 0 saturated heterocycles. The highest BCUT2D eigenvalue weighted by molar-refractivity contribution is 7.84. The van der Waals surface area contributed by atoms with Gasteiger partial charge in [-0.2, -0.15) is 0 Å². The third kappa shape index (κ3) is 5.17. The van der Waals surface area contributed by atoms with Gasteiger partial charge < -0.3 is 4.74 Å². The van der Waals surface area contributed by atoms with Crippen LogP contribution < -0.4 is 0 Å². The maximum Gasteiger partial charge on any atom is 0.333 e.